The first-order valence-corrected chi connectivity index (χ1v) is 8.20. The minimum absolute atomic E-state index is 0.123. The lowest BCUT2D eigenvalue weighted by molar-refractivity contribution is -0.384. The van der Waals surface area contributed by atoms with Crippen LogP contribution in [0.3, 0.4) is 0 Å². The van der Waals surface area contributed by atoms with E-state index < -0.39 is 4.92 Å². The zero-order chi connectivity index (χ0) is 19.1. The second kappa shape index (κ2) is 8.67. The SMILES string of the molecule is N#CC(N)=C(C#N)N=Cc1cc([N+](=O)[O-])ccc1Sc1ccc(Cl)cc1. The predicted molar refractivity (Wildman–Crippen MR) is 98.7 cm³/mol. The number of benzene rings is 2. The van der Waals surface area contributed by atoms with Gasteiger partial charge >= 0.3 is 0 Å². The maximum absolute atomic E-state index is 11.0. The van der Waals surface area contributed by atoms with Crippen LogP contribution in [0.2, 0.25) is 5.02 Å². The molecular weight excluding hydrogens is 374 g/mol. The predicted octanol–water partition coefficient (Wildman–Crippen LogP) is 4.04. The molecule has 0 aliphatic carbocycles. The number of nitriles is 2. The van der Waals surface area contributed by atoms with Crippen molar-refractivity contribution < 1.29 is 4.92 Å². The van der Waals surface area contributed by atoms with Crippen molar-refractivity contribution in [2.45, 2.75) is 9.79 Å². The van der Waals surface area contributed by atoms with E-state index in [2.05, 4.69) is 4.99 Å². The van der Waals surface area contributed by atoms with Crippen LogP contribution in [0.1, 0.15) is 5.56 Å². The second-order valence-electron chi connectivity index (χ2n) is 4.78. The molecule has 0 atom stereocenters. The molecule has 0 aromatic heterocycles. The van der Waals surface area contributed by atoms with Gasteiger partial charge in [0.05, 0.1) is 4.92 Å². The van der Waals surface area contributed by atoms with Gasteiger partial charge in [-0.05, 0) is 30.3 Å². The highest BCUT2D eigenvalue weighted by Crippen LogP contribution is 2.32. The molecule has 0 bridgehead atoms. The molecule has 0 saturated carbocycles. The number of aliphatic imine (C=N–C) groups is 1. The first-order valence-electron chi connectivity index (χ1n) is 7.00. The third kappa shape index (κ3) is 4.84. The summed E-state index contributed by atoms with van der Waals surface area (Å²) in [5.41, 5.74) is 5.10. The zero-order valence-corrected chi connectivity index (χ0v) is 14.7. The maximum Gasteiger partial charge on any atom is 0.270 e. The Balaban J connectivity index is 2.46. The lowest BCUT2D eigenvalue weighted by Gasteiger charge is -2.06. The summed E-state index contributed by atoms with van der Waals surface area (Å²) in [7, 11) is 0. The standard InChI is InChI=1S/C17H10ClN5O2S/c18-12-1-4-14(5-2-12)26-17-6-3-13(23(24)25)7-11(17)10-22-16(9-20)15(21)8-19/h1-7,10H,21H2. The lowest BCUT2D eigenvalue weighted by Crippen LogP contribution is -1.98. The summed E-state index contributed by atoms with van der Waals surface area (Å²) in [5.74, 6) is 0. The van der Waals surface area contributed by atoms with E-state index in [1.807, 2.05) is 12.1 Å². The van der Waals surface area contributed by atoms with Crippen molar-refractivity contribution >= 4 is 35.3 Å². The largest absolute Gasteiger partial charge is 0.388 e. The molecule has 0 amide bonds. The Kier molecular flexibility index (Phi) is 6.34. The van der Waals surface area contributed by atoms with Crippen molar-refractivity contribution in [1.82, 2.24) is 0 Å². The number of nitrogens with zero attached hydrogens (tertiary/aromatic N) is 4. The molecule has 0 aliphatic rings. The van der Waals surface area contributed by atoms with Gasteiger partial charge in [-0.1, -0.05) is 23.4 Å². The first-order chi connectivity index (χ1) is 12.4. The van der Waals surface area contributed by atoms with Crippen LogP contribution in [0.4, 0.5) is 5.69 Å². The molecule has 2 aromatic rings. The summed E-state index contributed by atoms with van der Waals surface area (Å²) < 4.78 is 0. The van der Waals surface area contributed by atoms with Crippen molar-refractivity contribution in [1.29, 1.82) is 10.5 Å². The van der Waals surface area contributed by atoms with Crippen LogP contribution in [-0.4, -0.2) is 11.1 Å². The van der Waals surface area contributed by atoms with Gasteiger partial charge in [-0.2, -0.15) is 10.5 Å². The Hall–Kier alpha value is -3.33. The van der Waals surface area contributed by atoms with Gasteiger partial charge in [0.25, 0.3) is 5.69 Å². The van der Waals surface area contributed by atoms with E-state index >= 15 is 0 Å². The smallest absolute Gasteiger partial charge is 0.270 e. The number of halogens is 1. The van der Waals surface area contributed by atoms with E-state index in [9.17, 15) is 10.1 Å². The van der Waals surface area contributed by atoms with Gasteiger partial charge < -0.3 is 5.73 Å². The molecule has 7 nitrogen and oxygen atoms in total. The average molecular weight is 384 g/mol. The summed E-state index contributed by atoms with van der Waals surface area (Å²) in [6.45, 7) is 0. The van der Waals surface area contributed by atoms with Gasteiger partial charge in [0.1, 0.15) is 17.8 Å². The van der Waals surface area contributed by atoms with Crippen LogP contribution in [0.25, 0.3) is 0 Å². The molecule has 2 rings (SSSR count). The molecule has 9 heteroatoms. The molecule has 0 radical (unpaired) electrons. The fourth-order valence-electron chi connectivity index (χ4n) is 1.82. The Morgan fingerprint density at radius 2 is 1.92 bits per heavy atom. The number of rotatable bonds is 5. The number of nitrogens with two attached hydrogens (primary N) is 1. The minimum Gasteiger partial charge on any atom is -0.388 e. The Bertz CT molecular complexity index is 988. The molecule has 2 aromatic carbocycles. The molecule has 128 valence electrons. The van der Waals surface area contributed by atoms with Crippen molar-refractivity contribution in [3.8, 4) is 12.1 Å². The van der Waals surface area contributed by atoms with Crippen molar-refractivity contribution in [2.75, 3.05) is 0 Å². The normalized spacial score (nSPS) is 11.5. The van der Waals surface area contributed by atoms with E-state index in [1.165, 1.54) is 30.1 Å². The number of non-ortho nitro benzene ring substituents is 1. The first kappa shape index (κ1) is 19.0. The monoisotopic (exact) mass is 383 g/mol. The summed E-state index contributed by atoms with van der Waals surface area (Å²) in [6.07, 6.45) is 1.27. The zero-order valence-electron chi connectivity index (χ0n) is 13.1. The highest BCUT2D eigenvalue weighted by atomic mass is 35.5. The van der Waals surface area contributed by atoms with E-state index in [0.29, 0.717) is 15.5 Å². The van der Waals surface area contributed by atoms with E-state index in [0.717, 1.165) is 4.90 Å². The van der Waals surface area contributed by atoms with Gasteiger partial charge in [0.15, 0.2) is 5.70 Å². The molecule has 0 aliphatic heterocycles. The summed E-state index contributed by atoms with van der Waals surface area (Å²) in [6, 6.07) is 14.7. The molecule has 0 saturated heterocycles. The molecular formula is C17H10ClN5O2S. The highest BCUT2D eigenvalue weighted by Gasteiger charge is 2.11. The fraction of sp³-hybridized carbons (Fsp3) is 0. The molecule has 0 heterocycles. The average Bonchev–Trinajstić information content (AvgIpc) is 2.64. The molecule has 26 heavy (non-hydrogen) atoms. The van der Waals surface area contributed by atoms with Crippen molar-refractivity contribution in [3.05, 3.63) is 74.6 Å². The molecule has 0 spiro atoms. The lowest BCUT2D eigenvalue weighted by atomic mass is 10.2. The van der Waals surface area contributed by atoms with Crippen molar-refractivity contribution in [3.63, 3.8) is 0 Å². The Labute approximate surface area is 158 Å². The summed E-state index contributed by atoms with van der Waals surface area (Å²) in [5, 5.41) is 29.4. The van der Waals surface area contributed by atoms with E-state index in [-0.39, 0.29) is 17.1 Å². The topological polar surface area (TPSA) is 129 Å². The molecule has 0 unspecified atom stereocenters. The number of hydrogen-bond donors (Lipinski definition) is 1. The van der Waals surface area contributed by atoms with Crippen LogP contribution >= 0.6 is 23.4 Å². The number of hydrogen-bond acceptors (Lipinski definition) is 7. The Morgan fingerprint density at radius 1 is 1.23 bits per heavy atom. The third-order valence-corrected chi connectivity index (χ3v) is 4.41. The quantitative estimate of drug-likeness (QED) is 0.359. The second-order valence-corrected chi connectivity index (χ2v) is 6.33. The van der Waals surface area contributed by atoms with Gasteiger partial charge in [0.2, 0.25) is 0 Å². The van der Waals surface area contributed by atoms with Crippen molar-refractivity contribution in [2.24, 2.45) is 10.7 Å². The van der Waals surface area contributed by atoms with Crippen LogP contribution < -0.4 is 5.73 Å². The van der Waals surface area contributed by atoms with Crippen LogP contribution in [0.15, 0.2) is 68.6 Å². The van der Waals surface area contributed by atoms with Gasteiger partial charge in [0, 0.05) is 38.7 Å². The number of allylic oxidation sites excluding steroid dienone is 2. The van der Waals surface area contributed by atoms with Gasteiger partial charge in [-0.3, -0.25) is 10.1 Å². The third-order valence-electron chi connectivity index (χ3n) is 3.06. The maximum atomic E-state index is 11.0. The van der Waals surface area contributed by atoms with E-state index in [1.54, 1.807) is 30.3 Å². The summed E-state index contributed by atoms with van der Waals surface area (Å²) >= 11 is 7.22. The molecule has 0 fully saturated rings. The minimum atomic E-state index is -0.529. The highest BCUT2D eigenvalue weighted by molar-refractivity contribution is 7.99. The van der Waals surface area contributed by atoms with E-state index in [4.69, 9.17) is 27.9 Å². The van der Waals surface area contributed by atoms with Gasteiger partial charge in [-0.15, -0.1) is 0 Å². The van der Waals surface area contributed by atoms with Crippen LogP contribution in [-0.2, 0) is 0 Å². The van der Waals surface area contributed by atoms with Gasteiger partial charge in [-0.25, -0.2) is 4.99 Å². The number of nitro groups is 1. The molecule has 2 N–H and O–H groups in total. The van der Waals surface area contributed by atoms with Crippen LogP contribution in [0, 0.1) is 32.8 Å². The summed E-state index contributed by atoms with van der Waals surface area (Å²) in [4.78, 5) is 15.9. The van der Waals surface area contributed by atoms with Crippen LogP contribution in [0.5, 0.6) is 0 Å². The Morgan fingerprint density at radius 3 is 2.50 bits per heavy atom. The number of nitro benzene ring substituents is 1. The fourth-order valence-corrected chi connectivity index (χ4v) is 2.84.